The number of hydrogen-bond donors (Lipinski definition) is 2. The number of carbonyl (C=O) groups is 1. The number of benzene rings is 1. The number of aryl methyl sites for hydroxylation is 2. The lowest BCUT2D eigenvalue weighted by atomic mass is 10.1. The van der Waals surface area contributed by atoms with Gasteiger partial charge in [-0.1, -0.05) is 6.07 Å². The fraction of sp³-hybridized carbons (Fsp3) is 0.429. The van der Waals surface area contributed by atoms with E-state index in [-0.39, 0.29) is 5.91 Å². The first-order valence-corrected chi connectivity index (χ1v) is 6.58. The zero-order chi connectivity index (χ0) is 13.8. The Morgan fingerprint density at radius 2 is 2.26 bits per heavy atom. The Morgan fingerprint density at radius 1 is 1.47 bits per heavy atom. The summed E-state index contributed by atoms with van der Waals surface area (Å²) in [6.07, 6.45) is 0.369. The molecule has 3 N–H and O–H groups in total. The van der Waals surface area contributed by atoms with Crippen LogP contribution in [0.1, 0.15) is 18.3 Å². The molecule has 5 heteroatoms. The molecule has 0 spiro atoms. The van der Waals surface area contributed by atoms with Crippen LogP contribution in [0.15, 0.2) is 18.2 Å². The van der Waals surface area contributed by atoms with Crippen molar-refractivity contribution < 1.29 is 4.79 Å². The van der Waals surface area contributed by atoms with Gasteiger partial charge in [-0.3, -0.25) is 4.79 Å². The van der Waals surface area contributed by atoms with Crippen LogP contribution in [0.3, 0.4) is 0 Å². The van der Waals surface area contributed by atoms with E-state index in [9.17, 15) is 4.79 Å². The molecule has 5 nitrogen and oxygen atoms in total. The maximum Gasteiger partial charge on any atom is 0.224 e. The van der Waals surface area contributed by atoms with Gasteiger partial charge in [0.15, 0.2) is 0 Å². The summed E-state index contributed by atoms with van der Waals surface area (Å²) in [7, 11) is 0. The van der Waals surface area contributed by atoms with E-state index >= 15 is 0 Å². The quantitative estimate of drug-likeness (QED) is 0.841. The highest BCUT2D eigenvalue weighted by molar-refractivity contribution is 5.82. The van der Waals surface area contributed by atoms with Crippen LogP contribution >= 0.6 is 0 Å². The lowest BCUT2D eigenvalue weighted by molar-refractivity contribution is -0.120. The Kier molecular flexibility index (Phi) is 4.16. The van der Waals surface area contributed by atoms with Gasteiger partial charge in [-0.2, -0.15) is 0 Å². The summed E-state index contributed by atoms with van der Waals surface area (Å²) in [5.41, 5.74) is 8.39. The Morgan fingerprint density at radius 3 is 2.95 bits per heavy atom. The molecule has 0 unspecified atom stereocenters. The standard InChI is InChI=1S/C14H20N4O/c1-3-18-10(2)17-12-8-11(4-5-13(12)18)9-14(19)16-7-6-15/h4-5,8H,3,6-7,9,15H2,1-2H3,(H,16,19). The lowest BCUT2D eigenvalue weighted by Gasteiger charge is -2.04. The maximum atomic E-state index is 11.6. The van der Waals surface area contributed by atoms with Crippen LogP contribution in [-0.2, 0) is 17.8 Å². The van der Waals surface area contributed by atoms with Crippen molar-refractivity contribution in [3.05, 3.63) is 29.6 Å². The molecule has 0 saturated heterocycles. The number of aromatic nitrogens is 2. The molecule has 0 bridgehead atoms. The first-order chi connectivity index (χ1) is 9.15. The average Bonchev–Trinajstić information content (AvgIpc) is 2.70. The van der Waals surface area contributed by atoms with Crippen LogP contribution in [-0.4, -0.2) is 28.5 Å². The molecular weight excluding hydrogens is 240 g/mol. The second kappa shape index (κ2) is 5.84. The Labute approximate surface area is 112 Å². The molecule has 2 aromatic rings. The van der Waals surface area contributed by atoms with Crippen molar-refractivity contribution in [1.29, 1.82) is 0 Å². The van der Waals surface area contributed by atoms with E-state index in [1.54, 1.807) is 0 Å². The predicted molar refractivity (Wildman–Crippen MR) is 75.9 cm³/mol. The number of nitrogens with zero attached hydrogens (tertiary/aromatic N) is 2. The average molecular weight is 260 g/mol. The van der Waals surface area contributed by atoms with Gasteiger partial charge in [0.2, 0.25) is 5.91 Å². The summed E-state index contributed by atoms with van der Waals surface area (Å²) in [6.45, 7) is 5.98. The molecule has 0 aliphatic heterocycles. The molecule has 1 amide bonds. The third kappa shape index (κ3) is 2.93. The fourth-order valence-electron chi connectivity index (χ4n) is 2.26. The van der Waals surface area contributed by atoms with E-state index in [0.29, 0.717) is 19.5 Å². The van der Waals surface area contributed by atoms with Crippen LogP contribution in [0.2, 0.25) is 0 Å². The maximum absolute atomic E-state index is 11.6. The van der Waals surface area contributed by atoms with Crippen LogP contribution in [0.25, 0.3) is 11.0 Å². The van der Waals surface area contributed by atoms with Crippen molar-refractivity contribution in [2.75, 3.05) is 13.1 Å². The second-order valence-electron chi connectivity index (χ2n) is 4.54. The first kappa shape index (κ1) is 13.5. The minimum Gasteiger partial charge on any atom is -0.355 e. The lowest BCUT2D eigenvalue weighted by Crippen LogP contribution is -2.30. The topological polar surface area (TPSA) is 72.9 Å². The van der Waals surface area contributed by atoms with Crippen molar-refractivity contribution in [3.8, 4) is 0 Å². The van der Waals surface area contributed by atoms with Crippen LogP contribution in [0.4, 0.5) is 0 Å². The molecular formula is C14H20N4O. The van der Waals surface area contributed by atoms with E-state index in [2.05, 4.69) is 21.8 Å². The number of hydrogen-bond acceptors (Lipinski definition) is 3. The minimum atomic E-state index is -0.00329. The molecule has 0 radical (unpaired) electrons. The van der Waals surface area contributed by atoms with Gasteiger partial charge in [0, 0.05) is 19.6 Å². The van der Waals surface area contributed by atoms with Crippen molar-refractivity contribution in [1.82, 2.24) is 14.9 Å². The smallest absolute Gasteiger partial charge is 0.224 e. The van der Waals surface area contributed by atoms with Gasteiger partial charge in [-0.25, -0.2) is 4.98 Å². The molecule has 2 rings (SSSR count). The summed E-state index contributed by atoms with van der Waals surface area (Å²) < 4.78 is 2.16. The van der Waals surface area contributed by atoms with Gasteiger partial charge in [0.1, 0.15) is 5.82 Å². The molecule has 1 aromatic heterocycles. The number of amides is 1. The molecule has 0 aliphatic rings. The molecule has 0 saturated carbocycles. The van der Waals surface area contributed by atoms with Crippen LogP contribution in [0, 0.1) is 6.92 Å². The molecule has 102 valence electrons. The predicted octanol–water partition coefficient (Wildman–Crippen LogP) is 0.982. The van der Waals surface area contributed by atoms with Crippen LogP contribution in [0.5, 0.6) is 0 Å². The highest BCUT2D eigenvalue weighted by Crippen LogP contribution is 2.17. The fourth-order valence-corrected chi connectivity index (χ4v) is 2.26. The third-order valence-corrected chi connectivity index (χ3v) is 3.15. The Hall–Kier alpha value is -1.88. The summed E-state index contributed by atoms with van der Waals surface area (Å²) >= 11 is 0. The Balaban J connectivity index is 2.20. The normalized spacial score (nSPS) is 10.9. The van der Waals surface area contributed by atoms with Crippen molar-refractivity contribution >= 4 is 16.9 Å². The van der Waals surface area contributed by atoms with E-state index < -0.39 is 0 Å². The number of rotatable bonds is 5. The number of fused-ring (bicyclic) bond motifs is 1. The van der Waals surface area contributed by atoms with Crippen molar-refractivity contribution in [2.24, 2.45) is 5.73 Å². The van der Waals surface area contributed by atoms with E-state index in [4.69, 9.17) is 5.73 Å². The minimum absolute atomic E-state index is 0.00329. The van der Waals surface area contributed by atoms with E-state index in [1.807, 2.05) is 25.1 Å². The van der Waals surface area contributed by atoms with E-state index in [0.717, 1.165) is 29.0 Å². The number of carbonyl (C=O) groups excluding carboxylic acids is 1. The van der Waals surface area contributed by atoms with Crippen LogP contribution < -0.4 is 11.1 Å². The monoisotopic (exact) mass is 260 g/mol. The summed E-state index contributed by atoms with van der Waals surface area (Å²) in [5.74, 6) is 0.999. The molecule has 0 atom stereocenters. The van der Waals surface area contributed by atoms with Gasteiger partial charge >= 0.3 is 0 Å². The SMILES string of the molecule is CCn1c(C)nc2cc(CC(=O)NCCN)ccc21. The first-order valence-electron chi connectivity index (χ1n) is 6.58. The Bertz CT molecular complexity index is 588. The molecule has 19 heavy (non-hydrogen) atoms. The van der Waals surface area contributed by atoms with Gasteiger partial charge in [0.05, 0.1) is 17.5 Å². The summed E-state index contributed by atoms with van der Waals surface area (Å²) in [6, 6.07) is 6.00. The second-order valence-corrected chi connectivity index (χ2v) is 4.54. The summed E-state index contributed by atoms with van der Waals surface area (Å²) in [4.78, 5) is 16.2. The van der Waals surface area contributed by atoms with Crippen molar-refractivity contribution in [2.45, 2.75) is 26.8 Å². The van der Waals surface area contributed by atoms with Gasteiger partial charge in [-0.15, -0.1) is 0 Å². The molecule has 1 aromatic carbocycles. The number of nitrogens with one attached hydrogen (secondary N) is 1. The largest absolute Gasteiger partial charge is 0.355 e. The van der Waals surface area contributed by atoms with Gasteiger partial charge in [0.25, 0.3) is 0 Å². The number of nitrogens with two attached hydrogens (primary N) is 1. The molecule has 0 aliphatic carbocycles. The highest BCUT2D eigenvalue weighted by atomic mass is 16.1. The highest BCUT2D eigenvalue weighted by Gasteiger charge is 2.08. The summed E-state index contributed by atoms with van der Waals surface area (Å²) in [5, 5.41) is 2.77. The zero-order valence-corrected chi connectivity index (χ0v) is 11.4. The van der Waals surface area contributed by atoms with Gasteiger partial charge < -0.3 is 15.6 Å². The number of imidazole rings is 1. The zero-order valence-electron chi connectivity index (χ0n) is 11.4. The van der Waals surface area contributed by atoms with Gasteiger partial charge in [-0.05, 0) is 31.5 Å². The molecule has 1 heterocycles. The van der Waals surface area contributed by atoms with Crippen molar-refractivity contribution in [3.63, 3.8) is 0 Å². The third-order valence-electron chi connectivity index (χ3n) is 3.15. The molecule has 0 fully saturated rings. The van der Waals surface area contributed by atoms with E-state index in [1.165, 1.54) is 0 Å².